The van der Waals surface area contributed by atoms with Crippen LogP contribution in [0, 0.1) is 5.92 Å². The van der Waals surface area contributed by atoms with Crippen molar-refractivity contribution in [2.75, 3.05) is 46.3 Å². The van der Waals surface area contributed by atoms with Gasteiger partial charge in [0.15, 0.2) is 0 Å². The Balaban J connectivity index is 1.20. The lowest BCUT2D eigenvalue weighted by Crippen LogP contribution is -2.43. The maximum absolute atomic E-state index is 12.5. The van der Waals surface area contributed by atoms with E-state index in [9.17, 15) is 4.79 Å². The number of rotatable bonds is 6. The van der Waals surface area contributed by atoms with Gasteiger partial charge in [-0.1, -0.05) is 30.3 Å². The van der Waals surface area contributed by atoms with Crippen LogP contribution < -0.4 is 0 Å². The van der Waals surface area contributed by atoms with Crippen LogP contribution in [0.2, 0.25) is 0 Å². The molecule has 2 aliphatic heterocycles. The van der Waals surface area contributed by atoms with Crippen LogP contribution >= 0.6 is 0 Å². The summed E-state index contributed by atoms with van der Waals surface area (Å²) in [5, 5.41) is 0. The molecule has 0 unspecified atom stereocenters. The van der Waals surface area contributed by atoms with E-state index in [4.69, 9.17) is 0 Å². The molecular formula is C25H34N4O. The normalized spacial score (nSPS) is 19.2. The van der Waals surface area contributed by atoms with Crippen molar-refractivity contribution in [1.82, 2.24) is 19.7 Å². The zero-order valence-electron chi connectivity index (χ0n) is 18.2. The van der Waals surface area contributed by atoms with Crippen LogP contribution in [0.15, 0.2) is 48.8 Å². The molecule has 0 aliphatic carbocycles. The highest BCUT2D eigenvalue weighted by Crippen LogP contribution is 2.23. The molecule has 5 heteroatoms. The molecule has 160 valence electrons. The Morgan fingerprint density at radius 1 is 0.933 bits per heavy atom. The second kappa shape index (κ2) is 10.2. The monoisotopic (exact) mass is 406 g/mol. The standard InChI is InChI=1S/C25H34N4O/c1-27-13-15-28(16-14-27)20-23-6-4-21(5-7-23)17-22-8-11-29(12-9-22)25(30)18-24-3-2-10-26-19-24/h2-7,10,19,22H,8-9,11-18,20H2,1H3. The SMILES string of the molecule is CN1CCN(Cc2ccc(CC3CCN(C(=O)Cc4cccnc4)CC3)cc2)CC1. The van der Waals surface area contributed by atoms with Gasteiger partial charge in [-0.15, -0.1) is 0 Å². The Hall–Kier alpha value is -2.24. The number of hydrogen-bond acceptors (Lipinski definition) is 4. The molecule has 0 saturated carbocycles. The third kappa shape index (κ3) is 5.89. The maximum atomic E-state index is 12.5. The van der Waals surface area contributed by atoms with Gasteiger partial charge in [0.05, 0.1) is 6.42 Å². The van der Waals surface area contributed by atoms with Gasteiger partial charge in [0.2, 0.25) is 5.91 Å². The molecule has 0 bridgehead atoms. The fraction of sp³-hybridized carbons (Fsp3) is 0.520. The molecule has 5 nitrogen and oxygen atoms in total. The molecule has 0 N–H and O–H groups in total. The number of carbonyl (C=O) groups is 1. The molecule has 0 spiro atoms. The van der Waals surface area contributed by atoms with E-state index in [0.29, 0.717) is 12.3 Å². The molecule has 2 aromatic rings. The summed E-state index contributed by atoms with van der Waals surface area (Å²) in [5.41, 5.74) is 3.85. The van der Waals surface area contributed by atoms with Gasteiger partial charge in [-0.2, -0.15) is 0 Å². The van der Waals surface area contributed by atoms with Gasteiger partial charge < -0.3 is 9.80 Å². The van der Waals surface area contributed by atoms with Crippen molar-refractivity contribution in [3.8, 4) is 0 Å². The summed E-state index contributed by atoms with van der Waals surface area (Å²) in [4.78, 5) is 23.6. The summed E-state index contributed by atoms with van der Waals surface area (Å²) in [5.74, 6) is 0.908. The first-order valence-corrected chi connectivity index (χ1v) is 11.3. The van der Waals surface area contributed by atoms with Crippen molar-refractivity contribution in [3.63, 3.8) is 0 Å². The van der Waals surface area contributed by atoms with E-state index in [0.717, 1.165) is 57.5 Å². The Bertz CT molecular complexity index is 792. The topological polar surface area (TPSA) is 39.7 Å². The Morgan fingerprint density at radius 2 is 1.63 bits per heavy atom. The summed E-state index contributed by atoms with van der Waals surface area (Å²) in [6.07, 6.45) is 7.33. The van der Waals surface area contributed by atoms with E-state index in [2.05, 4.69) is 46.1 Å². The zero-order chi connectivity index (χ0) is 20.8. The molecule has 30 heavy (non-hydrogen) atoms. The molecule has 2 fully saturated rings. The number of carbonyl (C=O) groups excluding carboxylic acids is 1. The lowest BCUT2D eigenvalue weighted by Gasteiger charge is -2.32. The minimum atomic E-state index is 0.231. The lowest BCUT2D eigenvalue weighted by molar-refractivity contribution is -0.131. The summed E-state index contributed by atoms with van der Waals surface area (Å²) < 4.78 is 0. The van der Waals surface area contributed by atoms with Crippen LogP contribution in [0.1, 0.15) is 29.5 Å². The summed E-state index contributed by atoms with van der Waals surface area (Å²) in [6, 6.07) is 13.1. The van der Waals surface area contributed by atoms with E-state index >= 15 is 0 Å². The first kappa shape index (κ1) is 21.0. The van der Waals surface area contributed by atoms with Crippen LogP contribution in [0.25, 0.3) is 0 Å². The lowest BCUT2D eigenvalue weighted by atomic mass is 9.89. The van der Waals surface area contributed by atoms with Gasteiger partial charge in [0.25, 0.3) is 0 Å². The second-order valence-corrected chi connectivity index (χ2v) is 8.96. The quantitative estimate of drug-likeness (QED) is 0.740. The minimum absolute atomic E-state index is 0.231. The summed E-state index contributed by atoms with van der Waals surface area (Å²) in [6.45, 7) is 7.48. The number of pyridine rings is 1. The number of nitrogens with zero attached hydrogens (tertiary/aromatic N) is 4. The smallest absolute Gasteiger partial charge is 0.227 e. The number of aromatic nitrogens is 1. The van der Waals surface area contributed by atoms with Crippen molar-refractivity contribution in [2.24, 2.45) is 5.92 Å². The number of hydrogen-bond donors (Lipinski definition) is 0. The van der Waals surface area contributed by atoms with Crippen molar-refractivity contribution in [2.45, 2.75) is 32.2 Å². The first-order chi connectivity index (χ1) is 14.7. The van der Waals surface area contributed by atoms with Gasteiger partial charge in [-0.05, 0) is 55.0 Å². The molecule has 0 radical (unpaired) electrons. The fourth-order valence-corrected chi connectivity index (χ4v) is 4.55. The highest BCUT2D eigenvalue weighted by Gasteiger charge is 2.23. The number of likely N-dealkylation sites (N-methyl/N-ethyl adjacent to an activating group) is 1. The van der Waals surface area contributed by atoms with Gasteiger partial charge in [0.1, 0.15) is 0 Å². The summed E-state index contributed by atoms with van der Waals surface area (Å²) in [7, 11) is 2.20. The van der Waals surface area contributed by atoms with Crippen molar-refractivity contribution in [1.29, 1.82) is 0 Å². The second-order valence-electron chi connectivity index (χ2n) is 8.96. The fourth-order valence-electron chi connectivity index (χ4n) is 4.55. The third-order valence-electron chi connectivity index (χ3n) is 6.59. The van der Waals surface area contributed by atoms with Crippen LogP contribution in [0.3, 0.4) is 0 Å². The number of likely N-dealkylation sites (tertiary alicyclic amines) is 1. The van der Waals surface area contributed by atoms with E-state index in [1.807, 2.05) is 17.0 Å². The molecule has 4 rings (SSSR count). The van der Waals surface area contributed by atoms with E-state index < -0.39 is 0 Å². The van der Waals surface area contributed by atoms with Gasteiger partial charge in [-0.3, -0.25) is 14.7 Å². The first-order valence-electron chi connectivity index (χ1n) is 11.3. The Morgan fingerprint density at radius 3 is 2.30 bits per heavy atom. The summed E-state index contributed by atoms with van der Waals surface area (Å²) >= 11 is 0. The number of piperazine rings is 1. The van der Waals surface area contributed by atoms with Crippen molar-refractivity contribution >= 4 is 5.91 Å². The van der Waals surface area contributed by atoms with Gasteiger partial charge >= 0.3 is 0 Å². The van der Waals surface area contributed by atoms with Crippen LogP contribution in [0.4, 0.5) is 0 Å². The van der Waals surface area contributed by atoms with E-state index in [-0.39, 0.29) is 5.91 Å². The van der Waals surface area contributed by atoms with E-state index in [1.54, 1.807) is 12.4 Å². The van der Waals surface area contributed by atoms with Crippen LogP contribution in [-0.2, 0) is 24.2 Å². The highest BCUT2D eigenvalue weighted by molar-refractivity contribution is 5.78. The molecule has 2 saturated heterocycles. The average Bonchev–Trinajstić information content (AvgIpc) is 2.78. The number of piperidine rings is 1. The molecular weight excluding hydrogens is 372 g/mol. The molecule has 1 aromatic carbocycles. The Labute approximate surface area is 180 Å². The van der Waals surface area contributed by atoms with Crippen molar-refractivity contribution in [3.05, 3.63) is 65.5 Å². The predicted octanol–water partition coefficient (Wildman–Crippen LogP) is 2.85. The molecule has 2 aliphatic rings. The number of amides is 1. The third-order valence-corrected chi connectivity index (χ3v) is 6.59. The Kier molecular flexibility index (Phi) is 7.13. The molecule has 3 heterocycles. The minimum Gasteiger partial charge on any atom is -0.342 e. The van der Waals surface area contributed by atoms with E-state index in [1.165, 1.54) is 24.2 Å². The van der Waals surface area contributed by atoms with Crippen LogP contribution in [0.5, 0.6) is 0 Å². The molecule has 1 aromatic heterocycles. The maximum Gasteiger partial charge on any atom is 0.227 e. The predicted molar refractivity (Wildman–Crippen MR) is 120 cm³/mol. The van der Waals surface area contributed by atoms with Crippen molar-refractivity contribution < 1.29 is 4.79 Å². The van der Waals surface area contributed by atoms with Gasteiger partial charge in [-0.25, -0.2) is 0 Å². The van der Waals surface area contributed by atoms with Crippen LogP contribution in [-0.4, -0.2) is 71.9 Å². The molecule has 1 amide bonds. The molecule has 0 atom stereocenters. The average molecular weight is 407 g/mol. The highest BCUT2D eigenvalue weighted by atomic mass is 16.2. The zero-order valence-corrected chi connectivity index (χ0v) is 18.2. The number of benzene rings is 1. The largest absolute Gasteiger partial charge is 0.342 e. The van der Waals surface area contributed by atoms with Gasteiger partial charge in [0, 0.05) is 58.2 Å².